The highest BCUT2D eigenvalue weighted by Crippen LogP contribution is 2.28. The molecular formula is C20H20N2O2S. The first-order chi connectivity index (χ1) is 12.0. The number of nitrogens with zero attached hydrogens (tertiary/aromatic N) is 1. The van der Waals surface area contributed by atoms with Gasteiger partial charge >= 0.3 is 0 Å². The second-order valence-electron chi connectivity index (χ2n) is 5.92. The average molecular weight is 352 g/mol. The Bertz CT molecular complexity index is 874. The van der Waals surface area contributed by atoms with E-state index < -0.39 is 6.10 Å². The summed E-state index contributed by atoms with van der Waals surface area (Å²) in [6, 6.07) is 15.6. The third kappa shape index (κ3) is 4.25. The number of anilines is 1. The number of hydrogen-bond donors (Lipinski definition) is 1. The lowest BCUT2D eigenvalue weighted by atomic mass is 10.0. The van der Waals surface area contributed by atoms with Crippen molar-refractivity contribution in [1.82, 2.24) is 4.98 Å². The number of amides is 1. The number of hydrogen-bond acceptors (Lipinski definition) is 4. The molecule has 25 heavy (non-hydrogen) atoms. The summed E-state index contributed by atoms with van der Waals surface area (Å²) in [6.45, 7) is 5.84. The number of thiazole rings is 1. The fourth-order valence-electron chi connectivity index (χ4n) is 2.43. The van der Waals surface area contributed by atoms with E-state index in [1.165, 1.54) is 16.9 Å². The van der Waals surface area contributed by atoms with E-state index in [2.05, 4.69) is 42.3 Å². The molecule has 0 saturated carbocycles. The van der Waals surface area contributed by atoms with Crippen molar-refractivity contribution in [3.05, 3.63) is 65.0 Å². The summed E-state index contributed by atoms with van der Waals surface area (Å²) in [5, 5.41) is 5.36. The Morgan fingerprint density at radius 3 is 2.68 bits per heavy atom. The van der Waals surface area contributed by atoms with Crippen LogP contribution in [0.15, 0.2) is 53.9 Å². The predicted molar refractivity (Wildman–Crippen MR) is 102 cm³/mol. The van der Waals surface area contributed by atoms with Gasteiger partial charge in [0, 0.05) is 10.9 Å². The van der Waals surface area contributed by atoms with Crippen LogP contribution in [-0.4, -0.2) is 17.0 Å². The lowest BCUT2D eigenvalue weighted by Crippen LogP contribution is -2.30. The van der Waals surface area contributed by atoms with Crippen molar-refractivity contribution in [1.29, 1.82) is 0 Å². The number of aryl methyl sites for hydroxylation is 2. The van der Waals surface area contributed by atoms with Crippen molar-refractivity contribution in [3.8, 4) is 17.0 Å². The maximum atomic E-state index is 12.3. The fourth-order valence-corrected chi connectivity index (χ4v) is 3.14. The van der Waals surface area contributed by atoms with Gasteiger partial charge in [0.15, 0.2) is 11.2 Å². The minimum Gasteiger partial charge on any atom is -0.481 e. The second kappa shape index (κ2) is 7.49. The van der Waals surface area contributed by atoms with E-state index in [0.717, 1.165) is 16.8 Å². The number of rotatable bonds is 5. The quantitative estimate of drug-likeness (QED) is 0.715. The SMILES string of the molecule is Cc1ccc(C)c(-c2csc(NC(=O)[C@H](C)Oc3ccccc3)n2)c1. The van der Waals surface area contributed by atoms with Crippen LogP contribution < -0.4 is 10.1 Å². The maximum Gasteiger partial charge on any atom is 0.266 e. The van der Waals surface area contributed by atoms with Gasteiger partial charge in [-0.25, -0.2) is 4.98 Å². The first kappa shape index (κ1) is 17.2. The molecule has 0 radical (unpaired) electrons. The lowest BCUT2D eigenvalue weighted by molar-refractivity contribution is -0.122. The van der Waals surface area contributed by atoms with Crippen molar-refractivity contribution in [2.75, 3.05) is 5.32 Å². The molecule has 0 aliphatic rings. The smallest absolute Gasteiger partial charge is 0.266 e. The summed E-state index contributed by atoms with van der Waals surface area (Å²) in [5.41, 5.74) is 4.31. The molecule has 1 N–H and O–H groups in total. The number of nitrogens with one attached hydrogen (secondary N) is 1. The minimum atomic E-state index is -0.601. The van der Waals surface area contributed by atoms with Crippen LogP contribution in [0.5, 0.6) is 5.75 Å². The highest BCUT2D eigenvalue weighted by molar-refractivity contribution is 7.14. The summed E-state index contributed by atoms with van der Waals surface area (Å²) in [5.74, 6) is 0.450. The van der Waals surface area contributed by atoms with Crippen molar-refractivity contribution in [2.24, 2.45) is 0 Å². The Kier molecular flexibility index (Phi) is 5.14. The molecule has 128 valence electrons. The normalized spacial score (nSPS) is 11.8. The molecule has 2 aromatic carbocycles. The van der Waals surface area contributed by atoms with Crippen LogP contribution in [0.3, 0.4) is 0 Å². The Labute approximate surface area is 151 Å². The van der Waals surface area contributed by atoms with Crippen LogP contribution in [0.2, 0.25) is 0 Å². The van der Waals surface area contributed by atoms with E-state index in [1.807, 2.05) is 35.7 Å². The Hall–Kier alpha value is -2.66. The van der Waals surface area contributed by atoms with Gasteiger partial charge in [-0.15, -0.1) is 11.3 Å². The molecule has 5 heteroatoms. The minimum absolute atomic E-state index is 0.217. The number of carbonyl (C=O) groups is 1. The van der Waals surface area contributed by atoms with Gasteiger partial charge in [-0.1, -0.05) is 35.9 Å². The van der Waals surface area contributed by atoms with Gasteiger partial charge in [0.25, 0.3) is 5.91 Å². The Morgan fingerprint density at radius 2 is 1.92 bits per heavy atom. The lowest BCUT2D eigenvalue weighted by Gasteiger charge is -2.13. The molecule has 0 bridgehead atoms. The molecule has 0 aliphatic heterocycles. The zero-order chi connectivity index (χ0) is 17.8. The summed E-state index contributed by atoms with van der Waals surface area (Å²) >= 11 is 1.41. The van der Waals surface area contributed by atoms with E-state index in [0.29, 0.717) is 10.9 Å². The molecule has 1 amide bonds. The van der Waals surface area contributed by atoms with Gasteiger partial charge in [0.2, 0.25) is 0 Å². The predicted octanol–water partition coefficient (Wildman–Crippen LogP) is 4.83. The zero-order valence-corrected chi connectivity index (χ0v) is 15.3. The van der Waals surface area contributed by atoms with Gasteiger partial charge in [0.1, 0.15) is 5.75 Å². The van der Waals surface area contributed by atoms with Gasteiger partial charge in [-0.2, -0.15) is 0 Å². The summed E-state index contributed by atoms with van der Waals surface area (Å²) < 4.78 is 5.64. The van der Waals surface area contributed by atoms with Crippen molar-refractivity contribution in [3.63, 3.8) is 0 Å². The van der Waals surface area contributed by atoms with Crippen LogP contribution in [0.4, 0.5) is 5.13 Å². The molecular weight excluding hydrogens is 332 g/mol. The number of ether oxygens (including phenoxy) is 1. The summed E-state index contributed by atoms with van der Waals surface area (Å²) in [6.07, 6.45) is -0.601. The summed E-state index contributed by atoms with van der Waals surface area (Å²) in [7, 11) is 0. The van der Waals surface area contributed by atoms with Crippen LogP contribution in [0.25, 0.3) is 11.3 Å². The molecule has 1 heterocycles. The van der Waals surface area contributed by atoms with Crippen molar-refractivity contribution < 1.29 is 9.53 Å². The molecule has 3 rings (SSSR count). The standard InChI is InChI=1S/C20H20N2O2S/c1-13-9-10-14(2)17(11-13)18-12-25-20(21-18)22-19(23)15(3)24-16-7-5-4-6-8-16/h4-12,15H,1-3H3,(H,21,22,23)/t15-/m0/s1. The monoisotopic (exact) mass is 352 g/mol. The van der Waals surface area contributed by atoms with Crippen molar-refractivity contribution in [2.45, 2.75) is 26.9 Å². The van der Waals surface area contributed by atoms with E-state index >= 15 is 0 Å². The highest BCUT2D eigenvalue weighted by atomic mass is 32.1. The Balaban J connectivity index is 1.68. The second-order valence-corrected chi connectivity index (χ2v) is 6.78. The van der Waals surface area contributed by atoms with Gasteiger partial charge < -0.3 is 4.74 Å². The van der Waals surface area contributed by atoms with Crippen LogP contribution in [-0.2, 0) is 4.79 Å². The maximum absolute atomic E-state index is 12.3. The molecule has 1 atom stereocenters. The molecule has 4 nitrogen and oxygen atoms in total. The van der Waals surface area contributed by atoms with E-state index in [1.54, 1.807) is 6.92 Å². The molecule has 0 saturated heterocycles. The number of para-hydroxylation sites is 1. The van der Waals surface area contributed by atoms with Crippen LogP contribution >= 0.6 is 11.3 Å². The number of benzene rings is 2. The highest BCUT2D eigenvalue weighted by Gasteiger charge is 2.17. The molecule has 0 spiro atoms. The first-order valence-electron chi connectivity index (χ1n) is 8.08. The van der Waals surface area contributed by atoms with Gasteiger partial charge in [0.05, 0.1) is 5.69 Å². The van der Waals surface area contributed by atoms with Crippen LogP contribution in [0, 0.1) is 13.8 Å². The number of carbonyl (C=O) groups excluding carboxylic acids is 1. The molecule has 3 aromatic rings. The third-order valence-corrected chi connectivity index (χ3v) is 4.59. The average Bonchev–Trinajstić information content (AvgIpc) is 3.06. The molecule has 1 aromatic heterocycles. The van der Waals surface area contributed by atoms with Gasteiger partial charge in [-0.05, 0) is 44.5 Å². The molecule has 0 aliphatic carbocycles. The van der Waals surface area contributed by atoms with Gasteiger partial charge in [-0.3, -0.25) is 10.1 Å². The topological polar surface area (TPSA) is 51.2 Å². The molecule has 0 fully saturated rings. The Morgan fingerprint density at radius 1 is 1.16 bits per heavy atom. The number of aromatic nitrogens is 1. The first-order valence-corrected chi connectivity index (χ1v) is 8.96. The zero-order valence-electron chi connectivity index (χ0n) is 14.4. The van der Waals surface area contributed by atoms with Crippen molar-refractivity contribution >= 4 is 22.4 Å². The summed E-state index contributed by atoms with van der Waals surface area (Å²) in [4.78, 5) is 16.9. The fraction of sp³-hybridized carbons (Fsp3) is 0.200. The van der Waals surface area contributed by atoms with E-state index in [-0.39, 0.29) is 5.91 Å². The largest absolute Gasteiger partial charge is 0.481 e. The molecule has 0 unspecified atom stereocenters. The third-order valence-electron chi connectivity index (χ3n) is 3.83. The van der Waals surface area contributed by atoms with Crippen LogP contribution in [0.1, 0.15) is 18.1 Å². The van der Waals surface area contributed by atoms with E-state index in [9.17, 15) is 4.79 Å². The van der Waals surface area contributed by atoms with E-state index in [4.69, 9.17) is 4.74 Å².